The van der Waals surface area contributed by atoms with E-state index in [1.807, 2.05) is 13.8 Å². The highest BCUT2D eigenvalue weighted by atomic mass is 32.1. The van der Waals surface area contributed by atoms with Gasteiger partial charge in [0.05, 0.1) is 24.8 Å². The molecule has 8 nitrogen and oxygen atoms in total. The molecule has 0 unspecified atom stereocenters. The average Bonchev–Trinajstić information content (AvgIpc) is 3.29. The van der Waals surface area contributed by atoms with E-state index < -0.39 is 24.5 Å². The summed E-state index contributed by atoms with van der Waals surface area (Å²) in [6.45, 7) is 3.45. The Kier molecular flexibility index (Phi) is 5.59. The third-order valence-corrected chi connectivity index (χ3v) is 5.11. The van der Waals surface area contributed by atoms with Crippen LogP contribution in [0.5, 0.6) is 0 Å². The zero-order valence-corrected chi connectivity index (χ0v) is 16.2. The van der Waals surface area contributed by atoms with Gasteiger partial charge in [-0.3, -0.25) is 14.9 Å². The lowest BCUT2D eigenvalue weighted by Gasteiger charge is -2.08. The van der Waals surface area contributed by atoms with Crippen LogP contribution in [0.1, 0.15) is 46.3 Å². The van der Waals surface area contributed by atoms with Crippen molar-refractivity contribution in [2.75, 3.05) is 19.0 Å². The number of aromatic nitrogens is 2. The molecule has 1 aliphatic carbocycles. The van der Waals surface area contributed by atoms with Gasteiger partial charge < -0.3 is 14.0 Å². The number of hydrogen-bond donors (Lipinski definition) is 1. The molecule has 2 aromatic heterocycles. The standard InChI is InChI=1S/C18H21N3O5S/c1-10-6-14(11(2)21(10)13-4-5-13)17(24)26-8-15(22)20-18-19-12(9-27-18)7-16(23)25-3/h6,9,13H,4-5,7-8H2,1-3H3,(H,19,20,22). The van der Waals surface area contributed by atoms with Crippen molar-refractivity contribution in [3.63, 3.8) is 0 Å². The molecule has 1 fully saturated rings. The fourth-order valence-corrected chi connectivity index (χ4v) is 3.63. The molecule has 2 heterocycles. The number of ether oxygens (including phenoxy) is 2. The summed E-state index contributed by atoms with van der Waals surface area (Å²) >= 11 is 1.18. The molecule has 1 saturated carbocycles. The summed E-state index contributed by atoms with van der Waals surface area (Å²) in [6, 6.07) is 2.27. The molecule has 0 aliphatic heterocycles. The van der Waals surface area contributed by atoms with E-state index in [-0.39, 0.29) is 6.42 Å². The zero-order chi connectivity index (χ0) is 19.6. The third kappa shape index (κ3) is 4.54. The number of methoxy groups -OCH3 is 1. The molecule has 27 heavy (non-hydrogen) atoms. The van der Waals surface area contributed by atoms with Gasteiger partial charge in [0.25, 0.3) is 5.91 Å². The Balaban J connectivity index is 1.53. The Morgan fingerprint density at radius 3 is 2.74 bits per heavy atom. The minimum absolute atomic E-state index is 0.0362. The Labute approximate surface area is 160 Å². The average molecular weight is 391 g/mol. The summed E-state index contributed by atoms with van der Waals surface area (Å²) in [6.07, 6.45) is 2.28. The number of esters is 2. The van der Waals surface area contributed by atoms with E-state index in [9.17, 15) is 14.4 Å². The van der Waals surface area contributed by atoms with Crippen LogP contribution < -0.4 is 5.32 Å². The zero-order valence-electron chi connectivity index (χ0n) is 15.4. The van der Waals surface area contributed by atoms with Gasteiger partial charge in [-0.2, -0.15) is 0 Å². The lowest BCUT2D eigenvalue weighted by molar-refractivity contribution is -0.139. The Bertz CT molecular complexity index is 882. The van der Waals surface area contributed by atoms with Gasteiger partial charge >= 0.3 is 11.9 Å². The molecule has 144 valence electrons. The highest BCUT2D eigenvalue weighted by Crippen LogP contribution is 2.38. The van der Waals surface area contributed by atoms with Crippen LogP contribution >= 0.6 is 11.3 Å². The molecule has 1 amide bonds. The van der Waals surface area contributed by atoms with Gasteiger partial charge in [-0.05, 0) is 32.8 Å². The van der Waals surface area contributed by atoms with Crippen LogP contribution in [0.15, 0.2) is 11.4 Å². The fraction of sp³-hybridized carbons (Fsp3) is 0.444. The van der Waals surface area contributed by atoms with Crippen LogP contribution in [-0.2, 0) is 25.5 Å². The van der Waals surface area contributed by atoms with E-state index in [4.69, 9.17) is 4.74 Å². The number of carbonyl (C=O) groups excluding carboxylic acids is 3. The molecular weight excluding hydrogens is 370 g/mol. The number of carbonyl (C=O) groups is 3. The van der Waals surface area contributed by atoms with E-state index in [1.165, 1.54) is 18.4 Å². The number of anilines is 1. The van der Waals surface area contributed by atoms with E-state index >= 15 is 0 Å². The van der Waals surface area contributed by atoms with Gasteiger partial charge in [-0.15, -0.1) is 11.3 Å². The second-order valence-electron chi connectivity index (χ2n) is 6.41. The van der Waals surface area contributed by atoms with Crippen LogP contribution in [0.3, 0.4) is 0 Å². The van der Waals surface area contributed by atoms with E-state index in [0.29, 0.717) is 22.4 Å². The number of rotatable bonds is 7. The first-order valence-corrected chi connectivity index (χ1v) is 9.43. The molecule has 1 aliphatic rings. The number of aryl methyl sites for hydroxylation is 1. The molecule has 0 bridgehead atoms. The summed E-state index contributed by atoms with van der Waals surface area (Å²) in [5, 5.41) is 4.55. The monoisotopic (exact) mass is 391 g/mol. The first-order chi connectivity index (χ1) is 12.9. The van der Waals surface area contributed by atoms with Crippen LogP contribution in [0.25, 0.3) is 0 Å². The topological polar surface area (TPSA) is 99.5 Å². The first kappa shape index (κ1) is 19.1. The molecule has 1 N–H and O–H groups in total. The molecule has 0 radical (unpaired) electrons. The molecule has 9 heteroatoms. The lowest BCUT2D eigenvalue weighted by atomic mass is 10.2. The molecule has 3 rings (SSSR count). The van der Waals surface area contributed by atoms with Crippen LogP contribution in [0, 0.1) is 13.8 Å². The minimum Gasteiger partial charge on any atom is -0.469 e. The smallest absolute Gasteiger partial charge is 0.340 e. The maximum atomic E-state index is 12.3. The van der Waals surface area contributed by atoms with Gasteiger partial charge in [-0.25, -0.2) is 9.78 Å². The van der Waals surface area contributed by atoms with Crippen molar-refractivity contribution in [1.29, 1.82) is 0 Å². The number of amides is 1. The maximum absolute atomic E-state index is 12.3. The van der Waals surface area contributed by atoms with Crippen molar-refractivity contribution < 1.29 is 23.9 Å². The minimum atomic E-state index is -0.518. The molecule has 0 aromatic carbocycles. The largest absolute Gasteiger partial charge is 0.469 e. The molecule has 2 aromatic rings. The Morgan fingerprint density at radius 1 is 1.33 bits per heavy atom. The second-order valence-corrected chi connectivity index (χ2v) is 7.27. The first-order valence-electron chi connectivity index (χ1n) is 8.55. The summed E-state index contributed by atoms with van der Waals surface area (Å²) in [5.41, 5.74) is 2.88. The van der Waals surface area contributed by atoms with Gasteiger partial charge in [-0.1, -0.05) is 0 Å². The molecule has 0 atom stereocenters. The second kappa shape index (κ2) is 7.91. The van der Waals surface area contributed by atoms with Gasteiger partial charge in [0.1, 0.15) is 0 Å². The van der Waals surface area contributed by atoms with Crippen molar-refractivity contribution in [3.05, 3.63) is 34.1 Å². The molecule has 0 saturated heterocycles. The Morgan fingerprint density at radius 2 is 2.07 bits per heavy atom. The Hall–Kier alpha value is -2.68. The predicted octanol–water partition coefficient (Wildman–Crippen LogP) is 2.41. The maximum Gasteiger partial charge on any atom is 0.340 e. The van der Waals surface area contributed by atoms with Gasteiger partial charge in [0.2, 0.25) is 0 Å². The number of nitrogens with one attached hydrogen (secondary N) is 1. The van der Waals surface area contributed by atoms with Crippen molar-refractivity contribution >= 4 is 34.3 Å². The fourth-order valence-electron chi connectivity index (χ4n) is 2.91. The lowest BCUT2D eigenvalue weighted by Crippen LogP contribution is -2.21. The van der Waals surface area contributed by atoms with Crippen LogP contribution in [0.4, 0.5) is 5.13 Å². The highest BCUT2D eigenvalue weighted by molar-refractivity contribution is 7.13. The van der Waals surface area contributed by atoms with Crippen LogP contribution in [0.2, 0.25) is 0 Å². The van der Waals surface area contributed by atoms with Gasteiger partial charge in [0, 0.05) is 22.8 Å². The third-order valence-electron chi connectivity index (χ3n) is 4.30. The van der Waals surface area contributed by atoms with Crippen LogP contribution in [-0.4, -0.2) is 41.1 Å². The van der Waals surface area contributed by atoms with Crippen molar-refractivity contribution in [1.82, 2.24) is 9.55 Å². The molecular formula is C18H21N3O5S. The number of hydrogen-bond acceptors (Lipinski definition) is 7. The highest BCUT2D eigenvalue weighted by Gasteiger charge is 2.28. The predicted molar refractivity (Wildman–Crippen MR) is 98.9 cm³/mol. The summed E-state index contributed by atoms with van der Waals surface area (Å²) < 4.78 is 11.9. The van der Waals surface area contributed by atoms with E-state index in [1.54, 1.807) is 11.4 Å². The summed E-state index contributed by atoms with van der Waals surface area (Å²) in [5.74, 6) is -1.41. The molecule has 0 spiro atoms. The van der Waals surface area contributed by atoms with Crippen molar-refractivity contribution in [3.8, 4) is 0 Å². The van der Waals surface area contributed by atoms with Crippen molar-refractivity contribution in [2.45, 2.75) is 39.2 Å². The number of nitrogens with zero attached hydrogens (tertiary/aromatic N) is 2. The van der Waals surface area contributed by atoms with Crippen molar-refractivity contribution in [2.24, 2.45) is 0 Å². The van der Waals surface area contributed by atoms with E-state index in [0.717, 1.165) is 24.2 Å². The summed E-state index contributed by atoms with van der Waals surface area (Å²) in [7, 11) is 1.30. The normalized spacial score (nSPS) is 13.3. The van der Waals surface area contributed by atoms with E-state index in [2.05, 4.69) is 19.6 Å². The van der Waals surface area contributed by atoms with Gasteiger partial charge in [0.15, 0.2) is 11.7 Å². The summed E-state index contributed by atoms with van der Waals surface area (Å²) in [4.78, 5) is 39.6. The quantitative estimate of drug-likeness (QED) is 0.728. The number of thiazole rings is 1. The SMILES string of the molecule is COC(=O)Cc1csc(NC(=O)COC(=O)c2cc(C)n(C3CC3)c2C)n1.